The van der Waals surface area contributed by atoms with Gasteiger partial charge in [-0.2, -0.15) is 5.10 Å². The van der Waals surface area contributed by atoms with E-state index in [9.17, 15) is 14.9 Å². The molecule has 0 heterocycles. The molecule has 1 amide bonds. The molecule has 0 aliphatic rings. The third kappa shape index (κ3) is 5.19. The molecule has 0 fully saturated rings. The van der Waals surface area contributed by atoms with Gasteiger partial charge in [0.2, 0.25) is 0 Å². The summed E-state index contributed by atoms with van der Waals surface area (Å²) in [5, 5.41) is 14.6. The summed E-state index contributed by atoms with van der Waals surface area (Å²) in [5.74, 6) is -0.488. The van der Waals surface area contributed by atoms with Crippen LogP contribution in [0.3, 0.4) is 0 Å². The molecule has 2 rings (SSSR count). The topological polar surface area (TPSA) is 93.8 Å². The molecule has 0 bridgehead atoms. The largest absolute Gasteiger partial charge is 0.477 e. The molecule has 0 unspecified atom stereocenters. The van der Waals surface area contributed by atoms with Gasteiger partial charge in [0.05, 0.1) is 11.1 Å². The van der Waals surface area contributed by atoms with Gasteiger partial charge in [0, 0.05) is 10.5 Å². The predicted molar refractivity (Wildman–Crippen MR) is 88.5 cm³/mol. The van der Waals surface area contributed by atoms with Crippen molar-refractivity contribution in [1.29, 1.82) is 0 Å². The molecule has 2 aromatic carbocycles. The average Bonchev–Trinajstić information content (AvgIpc) is 2.53. The van der Waals surface area contributed by atoms with Crippen LogP contribution in [0.1, 0.15) is 5.56 Å². The predicted octanol–water partition coefficient (Wildman–Crippen LogP) is 2.89. The number of para-hydroxylation sites is 2. The molecule has 0 aromatic heterocycles. The van der Waals surface area contributed by atoms with Crippen LogP contribution in [-0.2, 0) is 4.79 Å². The number of rotatable bonds is 6. The minimum Gasteiger partial charge on any atom is -0.477 e. The maximum Gasteiger partial charge on any atom is 0.310 e. The second-order valence-corrected chi connectivity index (χ2v) is 5.28. The van der Waals surface area contributed by atoms with E-state index in [4.69, 9.17) is 4.74 Å². The molecule has 2 aromatic rings. The summed E-state index contributed by atoms with van der Waals surface area (Å²) in [6.45, 7) is -0.374. The fourth-order valence-corrected chi connectivity index (χ4v) is 2.09. The van der Waals surface area contributed by atoms with E-state index in [1.165, 1.54) is 24.4 Å². The molecule has 0 aliphatic heterocycles. The summed E-state index contributed by atoms with van der Waals surface area (Å²) in [7, 11) is 0. The van der Waals surface area contributed by atoms with Gasteiger partial charge in [0.1, 0.15) is 0 Å². The zero-order valence-corrected chi connectivity index (χ0v) is 13.4. The van der Waals surface area contributed by atoms with Gasteiger partial charge in [0.25, 0.3) is 5.91 Å². The Morgan fingerprint density at radius 2 is 2.09 bits per heavy atom. The molecule has 0 atom stereocenters. The lowest BCUT2D eigenvalue weighted by atomic mass is 10.2. The van der Waals surface area contributed by atoms with Crippen LogP contribution in [0.15, 0.2) is 58.1 Å². The van der Waals surface area contributed by atoms with Crippen LogP contribution in [0.25, 0.3) is 0 Å². The van der Waals surface area contributed by atoms with Gasteiger partial charge in [-0.25, -0.2) is 5.43 Å². The highest BCUT2D eigenvalue weighted by Crippen LogP contribution is 2.25. The quantitative estimate of drug-likeness (QED) is 0.475. The van der Waals surface area contributed by atoms with Gasteiger partial charge in [0.15, 0.2) is 12.4 Å². The molecule has 0 radical (unpaired) electrons. The van der Waals surface area contributed by atoms with Crippen LogP contribution in [0.4, 0.5) is 5.69 Å². The SMILES string of the molecule is O=C(COc1ccccc1[N+](=O)[O-])NN=Cc1cccc(Br)c1. The third-order valence-corrected chi connectivity index (χ3v) is 3.17. The molecule has 0 aliphatic carbocycles. The molecule has 7 nitrogen and oxygen atoms in total. The summed E-state index contributed by atoms with van der Waals surface area (Å²) in [6.07, 6.45) is 1.48. The Bertz CT molecular complexity index is 749. The van der Waals surface area contributed by atoms with E-state index in [0.29, 0.717) is 0 Å². The molecule has 118 valence electrons. The van der Waals surface area contributed by atoms with Crippen molar-refractivity contribution in [1.82, 2.24) is 5.43 Å². The number of nitrogens with zero attached hydrogens (tertiary/aromatic N) is 2. The molecule has 8 heteroatoms. The number of hydrogen-bond acceptors (Lipinski definition) is 5. The number of nitro benzene ring substituents is 1. The molecule has 1 N–H and O–H groups in total. The first-order chi connectivity index (χ1) is 11.1. The van der Waals surface area contributed by atoms with Crippen molar-refractivity contribution in [3.63, 3.8) is 0 Å². The Morgan fingerprint density at radius 1 is 1.30 bits per heavy atom. The van der Waals surface area contributed by atoms with Gasteiger partial charge in [-0.15, -0.1) is 0 Å². The summed E-state index contributed by atoms with van der Waals surface area (Å²) >= 11 is 3.33. The molecule has 0 spiro atoms. The van der Waals surface area contributed by atoms with E-state index in [0.717, 1.165) is 10.0 Å². The monoisotopic (exact) mass is 377 g/mol. The number of hydrazone groups is 1. The highest BCUT2D eigenvalue weighted by molar-refractivity contribution is 9.10. The van der Waals surface area contributed by atoms with Crippen molar-refractivity contribution in [3.8, 4) is 5.75 Å². The lowest BCUT2D eigenvalue weighted by Gasteiger charge is -2.05. The Kier molecular flexibility index (Phi) is 5.81. The molecular weight excluding hydrogens is 366 g/mol. The van der Waals surface area contributed by atoms with Gasteiger partial charge in [-0.3, -0.25) is 14.9 Å². The molecule has 0 saturated heterocycles. The minimum atomic E-state index is -0.571. The van der Waals surface area contributed by atoms with E-state index in [1.54, 1.807) is 6.07 Å². The van der Waals surface area contributed by atoms with Crippen LogP contribution in [-0.4, -0.2) is 23.7 Å². The number of carbonyl (C=O) groups is 1. The summed E-state index contributed by atoms with van der Waals surface area (Å²) in [4.78, 5) is 21.9. The number of amides is 1. The number of hydrogen-bond donors (Lipinski definition) is 1. The molecular formula is C15H12BrN3O4. The third-order valence-electron chi connectivity index (χ3n) is 2.67. The van der Waals surface area contributed by atoms with E-state index in [1.807, 2.05) is 24.3 Å². The fourth-order valence-electron chi connectivity index (χ4n) is 1.67. The standard InChI is InChI=1S/C15H12BrN3O4/c16-12-5-3-4-11(8-12)9-17-18-15(20)10-23-14-7-2-1-6-13(14)19(21)22/h1-9H,10H2,(H,18,20). The van der Waals surface area contributed by atoms with E-state index in [2.05, 4.69) is 26.5 Å². The fraction of sp³-hybridized carbons (Fsp3) is 0.0667. The van der Waals surface area contributed by atoms with Crippen molar-refractivity contribution >= 4 is 33.7 Å². The highest BCUT2D eigenvalue weighted by Gasteiger charge is 2.14. The Morgan fingerprint density at radius 3 is 2.83 bits per heavy atom. The van der Waals surface area contributed by atoms with Gasteiger partial charge in [-0.1, -0.05) is 40.2 Å². The van der Waals surface area contributed by atoms with Crippen LogP contribution < -0.4 is 10.2 Å². The summed E-state index contributed by atoms with van der Waals surface area (Å²) in [5.41, 5.74) is 2.90. The molecule has 23 heavy (non-hydrogen) atoms. The van der Waals surface area contributed by atoms with Crippen LogP contribution in [0.2, 0.25) is 0 Å². The van der Waals surface area contributed by atoms with E-state index in [-0.39, 0.29) is 18.0 Å². The number of nitro groups is 1. The second-order valence-electron chi connectivity index (χ2n) is 4.36. The van der Waals surface area contributed by atoms with Crippen molar-refractivity contribution in [2.24, 2.45) is 5.10 Å². The van der Waals surface area contributed by atoms with Crippen molar-refractivity contribution in [2.45, 2.75) is 0 Å². The first kappa shape index (κ1) is 16.6. The lowest BCUT2D eigenvalue weighted by molar-refractivity contribution is -0.385. The number of ether oxygens (including phenoxy) is 1. The van der Waals surface area contributed by atoms with Crippen LogP contribution in [0.5, 0.6) is 5.75 Å². The van der Waals surface area contributed by atoms with Crippen LogP contribution in [0, 0.1) is 10.1 Å². The normalized spacial score (nSPS) is 10.5. The van der Waals surface area contributed by atoms with Gasteiger partial charge >= 0.3 is 5.69 Å². The summed E-state index contributed by atoms with van der Waals surface area (Å²) in [6, 6.07) is 13.2. The van der Waals surface area contributed by atoms with Crippen LogP contribution >= 0.6 is 15.9 Å². The smallest absolute Gasteiger partial charge is 0.310 e. The first-order valence-electron chi connectivity index (χ1n) is 6.50. The number of halogens is 1. The molecule has 0 saturated carbocycles. The Labute approximate surface area is 140 Å². The second kappa shape index (κ2) is 8.04. The zero-order valence-electron chi connectivity index (χ0n) is 11.8. The Balaban J connectivity index is 1.87. The lowest BCUT2D eigenvalue weighted by Crippen LogP contribution is -2.24. The van der Waals surface area contributed by atoms with Crippen molar-refractivity contribution in [2.75, 3.05) is 6.61 Å². The minimum absolute atomic E-state index is 0.0311. The summed E-state index contributed by atoms with van der Waals surface area (Å²) < 4.78 is 6.04. The number of benzene rings is 2. The maximum atomic E-state index is 11.6. The van der Waals surface area contributed by atoms with Gasteiger partial charge in [-0.05, 0) is 23.8 Å². The van der Waals surface area contributed by atoms with Crippen molar-refractivity contribution < 1.29 is 14.5 Å². The number of carbonyl (C=O) groups excluding carboxylic acids is 1. The van der Waals surface area contributed by atoms with E-state index < -0.39 is 10.8 Å². The maximum absolute atomic E-state index is 11.6. The Hall–Kier alpha value is -2.74. The average molecular weight is 378 g/mol. The van der Waals surface area contributed by atoms with Gasteiger partial charge < -0.3 is 4.74 Å². The number of nitrogens with one attached hydrogen (secondary N) is 1. The van der Waals surface area contributed by atoms with Crippen molar-refractivity contribution in [3.05, 3.63) is 68.7 Å². The van der Waals surface area contributed by atoms with E-state index >= 15 is 0 Å². The highest BCUT2D eigenvalue weighted by atomic mass is 79.9. The first-order valence-corrected chi connectivity index (χ1v) is 7.29. The zero-order chi connectivity index (χ0) is 16.7.